The van der Waals surface area contributed by atoms with Crippen LogP contribution in [-0.2, 0) is 0 Å². The van der Waals surface area contributed by atoms with Gasteiger partial charge in [0.05, 0.1) is 5.56 Å². The molecule has 0 fully saturated rings. The molecule has 0 unspecified atom stereocenters. The number of hydrogen-bond acceptors (Lipinski definition) is 1. The molecule has 2 aromatic rings. The average Bonchev–Trinajstić information content (AvgIpc) is 2.71. The van der Waals surface area contributed by atoms with E-state index in [1.54, 1.807) is 0 Å². The third-order valence-electron chi connectivity index (χ3n) is 5.39. The zero-order valence-electron chi connectivity index (χ0n) is 14.9. The van der Waals surface area contributed by atoms with E-state index in [2.05, 4.69) is 77.0 Å². The number of nitrogens with zero attached hydrogens (tertiary/aromatic N) is 2. The van der Waals surface area contributed by atoms with E-state index in [4.69, 9.17) is 0 Å². The molecular formula is C19H28N2Si. The fourth-order valence-electron chi connectivity index (χ4n) is 4.78. The minimum absolute atomic E-state index is 0.619. The largest absolute Gasteiger partial charge is 0.370 e. The standard InChI is InChI=1S/C19H28N2Si/c1-13(2)22(14(3)4,15(5)6)21-16(7)18(12-20)17-10-8-9-11-19(17)21/h8-11,13-15H,1-7H3. The van der Waals surface area contributed by atoms with Crippen molar-refractivity contribution in [2.24, 2.45) is 0 Å². The lowest BCUT2D eigenvalue weighted by Crippen LogP contribution is -2.52. The van der Waals surface area contributed by atoms with E-state index in [1.165, 1.54) is 5.52 Å². The summed E-state index contributed by atoms with van der Waals surface area (Å²) in [6, 6.07) is 10.9. The van der Waals surface area contributed by atoms with Crippen LogP contribution in [-0.4, -0.2) is 12.5 Å². The van der Waals surface area contributed by atoms with Crippen molar-refractivity contribution in [1.29, 1.82) is 5.26 Å². The molecule has 0 saturated heterocycles. The number of benzene rings is 1. The van der Waals surface area contributed by atoms with Gasteiger partial charge >= 0.3 is 0 Å². The van der Waals surface area contributed by atoms with E-state index in [1.807, 2.05) is 6.07 Å². The van der Waals surface area contributed by atoms with Crippen LogP contribution in [0, 0.1) is 18.3 Å². The first kappa shape index (κ1) is 16.8. The van der Waals surface area contributed by atoms with Gasteiger partial charge in [0.15, 0.2) is 8.24 Å². The third kappa shape index (κ3) is 2.13. The van der Waals surface area contributed by atoms with Gasteiger partial charge < -0.3 is 4.23 Å². The third-order valence-corrected chi connectivity index (χ3v) is 12.3. The molecule has 2 rings (SSSR count). The van der Waals surface area contributed by atoms with Crippen molar-refractivity contribution in [3.05, 3.63) is 35.5 Å². The molecule has 0 spiro atoms. The lowest BCUT2D eigenvalue weighted by atomic mass is 10.1. The summed E-state index contributed by atoms with van der Waals surface area (Å²) in [6.07, 6.45) is 0. The van der Waals surface area contributed by atoms with Gasteiger partial charge in [0, 0.05) is 16.6 Å². The Morgan fingerprint density at radius 2 is 1.45 bits per heavy atom. The Labute approximate surface area is 135 Å². The number of hydrogen-bond donors (Lipinski definition) is 0. The second-order valence-corrected chi connectivity index (χ2v) is 13.0. The van der Waals surface area contributed by atoms with Gasteiger partial charge in [-0.1, -0.05) is 59.7 Å². The molecule has 0 amide bonds. The van der Waals surface area contributed by atoms with Crippen LogP contribution in [0.2, 0.25) is 16.6 Å². The molecule has 1 heterocycles. The Kier molecular flexibility index (Phi) is 4.53. The van der Waals surface area contributed by atoms with Gasteiger partial charge in [-0.2, -0.15) is 5.26 Å². The molecule has 3 heteroatoms. The maximum absolute atomic E-state index is 9.66. The van der Waals surface area contributed by atoms with E-state index in [0.717, 1.165) is 16.6 Å². The van der Waals surface area contributed by atoms with Gasteiger partial charge in [-0.15, -0.1) is 0 Å². The molecule has 0 N–H and O–H groups in total. The maximum atomic E-state index is 9.66. The summed E-state index contributed by atoms with van der Waals surface area (Å²) >= 11 is 0. The number of nitriles is 1. The van der Waals surface area contributed by atoms with Crippen molar-refractivity contribution >= 4 is 19.1 Å². The molecule has 0 aliphatic carbocycles. The lowest BCUT2D eigenvalue weighted by Gasteiger charge is -2.45. The number of aromatic nitrogens is 1. The summed E-state index contributed by atoms with van der Waals surface area (Å²) in [5, 5.41) is 10.8. The molecule has 0 radical (unpaired) electrons. The molecule has 0 aliphatic heterocycles. The Balaban J connectivity index is 2.99. The van der Waals surface area contributed by atoms with E-state index in [0.29, 0.717) is 16.6 Å². The summed E-state index contributed by atoms with van der Waals surface area (Å²) in [7, 11) is -1.84. The lowest BCUT2D eigenvalue weighted by molar-refractivity contribution is 0.765. The topological polar surface area (TPSA) is 28.7 Å². The highest BCUT2D eigenvalue weighted by Gasteiger charge is 2.46. The van der Waals surface area contributed by atoms with Gasteiger partial charge in [-0.05, 0) is 29.6 Å². The van der Waals surface area contributed by atoms with Crippen LogP contribution < -0.4 is 0 Å². The number of rotatable bonds is 4. The van der Waals surface area contributed by atoms with Crippen molar-refractivity contribution in [3.8, 4) is 6.07 Å². The molecule has 118 valence electrons. The molecule has 1 aromatic carbocycles. The molecule has 0 bridgehead atoms. The normalized spacial score (nSPS) is 12.6. The fourth-order valence-corrected chi connectivity index (χ4v) is 11.6. The van der Waals surface area contributed by atoms with Crippen molar-refractivity contribution in [2.45, 2.75) is 65.1 Å². The monoisotopic (exact) mass is 312 g/mol. The minimum Gasteiger partial charge on any atom is -0.370 e. The summed E-state index contributed by atoms with van der Waals surface area (Å²) in [6.45, 7) is 16.3. The summed E-state index contributed by atoms with van der Waals surface area (Å²) in [5.41, 5.74) is 5.12. The molecule has 0 saturated carbocycles. The Bertz CT molecular complexity index is 695. The zero-order valence-corrected chi connectivity index (χ0v) is 15.9. The molecule has 2 nitrogen and oxygen atoms in total. The first-order valence-corrected chi connectivity index (χ1v) is 10.5. The predicted molar refractivity (Wildman–Crippen MR) is 97.8 cm³/mol. The van der Waals surface area contributed by atoms with E-state index in [9.17, 15) is 5.26 Å². The Morgan fingerprint density at radius 1 is 0.955 bits per heavy atom. The molecule has 0 aliphatic rings. The molecule has 22 heavy (non-hydrogen) atoms. The minimum atomic E-state index is -1.84. The van der Waals surface area contributed by atoms with Crippen molar-refractivity contribution in [1.82, 2.24) is 4.23 Å². The van der Waals surface area contributed by atoms with Crippen LogP contribution in [0.1, 0.15) is 52.8 Å². The predicted octanol–water partition coefficient (Wildman–Crippen LogP) is 5.85. The first-order chi connectivity index (χ1) is 10.3. The van der Waals surface area contributed by atoms with E-state index in [-0.39, 0.29) is 0 Å². The van der Waals surface area contributed by atoms with Crippen LogP contribution in [0.3, 0.4) is 0 Å². The van der Waals surface area contributed by atoms with Gasteiger partial charge in [0.25, 0.3) is 0 Å². The second kappa shape index (κ2) is 5.93. The van der Waals surface area contributed by atoms with Crippen molar-refractivity contribution in [3.63, 3.8) is 0 Å². The summed E-state index contributed by atoms with van der Waals surface area (Å²) in [5.74, 6) is 0. The summed E-state index contributed by atoms with van der Waals surface area (Å²) in [4.78, 5) is 0. The highest BCUT2D eigenvalue weighted by Crippen LogP contribution is 2.45. The molecule has 0 atom stereocenters. The van der Waals surface area contributed by atoms with Crippen molar-refractivity contribution < 1.29 is 0 Å². The molecular weight excluding hydrogens is 284 g/mol. The first-order valence-electron chi connectivity index (χ1n) is 8.30. The average molecular weight is 313 g/mol. The Morgan fingerprint density at radius 3 is 1.91 bits per heavy atom. The fraction of sp³-hybridized carbons (Fsp3) is 0.526. The SMILES string of the molecule is Cc1c(C#N)c2ccccc2n1[Si](C(C)C)(C(C)C)C(C)C. The quantitative estimate of drug-likeness (QED) is 0.651. The smallest absolute Gasteiger partial charge is 0.169 e. The Hall–Kier alpha value is -1.53. The highest BCUT2D eigenvalue weighted by atomic mass is 28.3. The van der Waals surface area contributed by atoms with Crippen LogP contribution in [0.5, 0.6) is 0 Å². The van der Waals surface area contributed by atoms with Gasteiger partial charge in [-0.25, -0.2) is 0 Å². The second-order valence-electron chi connectivity index (χ2n) is 7.28. The van der Waals surface area contributed by atoms with E-state index >= 15 is 0 Å². The maximum Gasteiger partial charge on any atom is 0.169 e. The van der Waals surface area contributed by atoms with Crippen LogP contribution >= 0.6 is 0 Å². The highest BCUT2D eigenvalue weighted by molar-refractivity contribution is 6.82. The van der Waals surface area contributed by atoms with Crippen molar-refractivity contribution in [2.75, 3.05) is 0 Å². The van der Waals surface area contributed by atoms with Crippen LogP contribution in [0.15, 0.2) is 24.3 Å². The summed E-state index contributed by atoms with van der Waals surface area (Å²) < 4.78 is 2.60. The van der Waals surface area contributed by atoms with Gasteiger partial charge in [0.2, 0.25) is 0 Å². The van der Waals surface area contributed by atoms with E-state index < -0.39 is 8.24 Å². The van der Waals surface area contributed by atoms with Crippen LogP contribution in [0.4, 0.5) is 0 Å². The van der Waals surface area contributed by atoms with Gasteiger partial charge in [0.1, 0.15) is 6.07 Å². The van der Waals surface area contributed by atoms with Gasteiger partial charge in [-0.3, -0.25) is 0 Å². The number of fused-ring (bicyclic) bond motifs is 1. The number of para-hydroxylation sites is 1. The molecule has 1 aromatic heterocycles. The van der Waals surface area contributed by atoms with Crippen LogP contribution in [0.25, 0.3) is 10.9 Å². The zero-order chi connectivity index (χ0) is 16.7.